The van der Waals surface area contributed by atoms with Crippen molar-refractivity contribution in [1.82, 2.24) is 19.9 Å². The van der Waals surface area contributed by atoms with Crippen molar-refractivity contribution < 1.29 is 14.3 Å². The van der Waals surface area contributed by atoms with Gasteiger partial charge in [-0.15, -0.1) is 11.3 Å². The highest BCUT2D eigenvalue weighted by Gasteiger charge is 2.39. The molecular formula is C29H32N6O3S. The van der Waals surface area contributed by atoms with Crippen LogP contribution >= 0.6 is 11.3 Å². The summed E-state index contributed by atoms with van der Waals surface area (Å²) < 4.78 is 10.9. The minimum Gasteiger partial charge on any atom is -0.497 e. The van der Waals surface area contributed by atoms with Crippen molar-refractivity contribution in [3.8, 4) is 5.75 Å². The van der Waals surface area contributed by atoms with E-state index >= 15 is 0 Å². The van der Waals surface area contributed by atoms with E-state index in [2.05, 4.69) is 19.9 Å². The van der Waals surface area contributed by atoms with Gasteiger partial charge in [0.15, 0.2) is 5.54 Å². The second-order valence-electron chi connectivity index (χ2n) is 10.3. The quantitative estimate of drug-likeness (QED) is 0.433. The molecule has 2 aromatic heterocycles. The minimum atomic E-state index is -0.835. The number of amides is 1. The van der Waals surface area contributed by atoms with Crippen molar-refractivity contribution in [3.05, 3.63) is 82.7 Å². The van der Waals surface area contributed by atoms with Crippen molar-refractivity contribution in [3.63, 3.8) is 0 Å². The van der Waals surface area contributed by atoms with Gasteiger partial charge in [-0.2, -0.15) is 0 Å². The van der Waals surface area contributed by atoms with Crippen molar-refractivity contribution in [2.24, 2.45) is 4.99 Å². The maximum Gasteiger partial charge on any atom is 0.410 e. The Morgan fingerprint density at radius 3 is 2.62 bits per heavy atom. The third-order valence-electron chi connectivity index (χ3n) is 6.40. The van der Waals surface area contributed by atoms with E-state index in [4.69, 9.17) is 14.5 Å². The number of piperazine rings is 1. The molecule has 0 saturated carbocycles. The van der Waals surface area contributed by atoms with E-state index < -0.39 is 11.1 Å². The molecule has 0 radical (unpaired) electrons. The van der Waals surface area contributed by atoms with Crippen LogP contribution in [0.15, 0.2) is 71.5 Å². The molecule has 1 aromatic carbocycles. The number of carbonyl (C=O) groups is 1. The number of aromatic nitrogens is 3. The first-order chi connectivity index (χ1) is 18.8. The second-order valence-corrected chi connectivity index (χ2v) is 11.2. The highest BCUT2D eigenvalue weighted by molar-refractivity contribution is 7.09. The highest BCUT2D eigenvalue weighted by Crippen LogP contribution is 2.39. The van der Waals surface area contributed by atoms with Crippen LogP contribution < -0.4 is 9.64 Å². The number of anilines is 1. The van der Waals surface area contributed by atoms with E-state index in [0.717, 1.165) is 33.5 Å². The summed E-state index contributed by atoms with van der Waals surface area (Å²) in [4.78, 5) is 35.3. The number of methoxy groups -OCH3 is 1. The summed E-state index contributed by atoms with van der Waals surface area (Å²) in [7, 11) is 1.66. The molecule has 1 fully saturated rings. The Morgan fingerprint density at radius 1 is 1.08 bits per heavy atom. The maximum absolute atomic E-state index is 12.5. The predicted molar refractivity (Wildman–Crippen MR) is 154 cm³/mol. The molecule has 0 bridgehead atoms. The summed E-state index contributed by atoms with van der Waals surface area (Å²) in [6, 6.07) is 9.85. The summed E-state index contributed by atoms with van der Waals surface area (Å²) in [6.07, 6.45) is 11.1. The van der Waals surface area contributed by atoms with Crippen LogP contribution in [0.1, 0.15) is 37.0 Å². The molecular weight excluding hydrogens is 512 g/mol. The van der Waals surface area contributed by atoms with Crippen molar-refractivity contribution in [1.29, 1.82) is 0 Å². The average Bonchev–Trinajstić information content (AvgIpc) is 3.63. The number of aliphatic imine (C=N–C) groups is 1. The van der Waals surface area contributed by atoms with Gasteiger partial charge in [0, 0.05) is 43.8 Å². The Kier molecular flexibility index (Phi) is 7.47. The van der Waals surface area contributed by atoms with Gasteiger partial charge in [-0.3, -0.25) is 4.99 Å². The number of allylic oxidation sites excluding steroid dienone is 2. The van der Waals surface area contributed by atoms with Gasteiger partial charge < -0.3 is 19.3 Å². The van der Waals surface area contributed by atoms with E-state index in [1.54, 1.807) is 35.9 Å². The number of hydrogen-bond donors (Lipinski definition) is 0. The van der Waals surface area contributed by atoms with Gasteiger partial charge in [-0.1, -0.05) is 18.2 Å². The number of thiazole rings is 1. The number of benzene rings is 1. The van der Waals surface area contributed by atoms with Crippen LogP contribution in [0.3, 0.4) is 0 Å². The molecule has 3 aromatic rings. The molecule has 10 heteroatoms. The van der Waals surface area contributed by atoms with E-state index in [1.165, 1.54) is 0 Å². The van der Waals surface area contributed by atoms with Gasteiger partial charge in [0.2, 0.25) is 0 Å². The summed E-state index contributed by atoms with van der Waals surface area (Å²) in [5.74, 6) is 1.60. The molecule has 2 aliphatic rings. The molecule has 5 rings (SSSR count). The number of hydrogen-bond acceptors (Lipinski definition) is 9. The monoisotopic (exact) mass is 544 g/mol. The fraction of sp³-hybridized carbons (Fsp3) is 0.345. The average molecular weight is 545 g/mol. The Morgan fingerprint density at radius 2 is 1.90 bits per heavy atom. The van der Waals surface area contributed by atoms with Crippen LogP contribution in [0.4, 0.5) is 10.6 Å². The van der Waals surface area contributed by atoms with Crippen LogP contribution in [0.2, 0.25) is 0 Å². The van der Waals surface area contributed by atoms with Crippen molar-refractivity contribution >= 4 is 35.0 Å². The SMILES string of the molecule is COc1cccc(C=CC2=NC(c3cc(N4CCN(C(=O)OC(C)(C)C)CC4)ncn3)(c3nccs3)C=C2)c1. The Hall–Kier alpha value is -4.05. The number of nitrogens with zero attached hydrogens (tertiary/aromatic N) is 6. The van der Waals surface area contributed by atoms with Crippen LogP contribution in [0.25, 0.3) is 6.08 Å². The van der Waals surface area contributed by atoms with E-state index in [1.807, 2.05) is 80.8 Å². The molecule has 202 valence electrons. The number of rotatable bonds is 6. The topological polar surface area (TPSA) is 93.0 Å². The molecule has 39 heavy (non-hydrogen) atoms. The van der Waals surface area contributed by atoms with Crippen LogP contribution in [0.5, 0.6) is 5.75 Å². The third-order valence-corrected chi connectivity index (χ3v) is 7.30. The smallest absolute Gasteiger partial charge is 0.410 e. The first-order valence-corrected chi connectivity index (χ1v) is 13.7. The van der Waals surface area contributed by atoms with E-state index in [-0.39, 0.29) is 6.09 Å². The highest BCUT2D eigenvalue weighted by atomic mass is 32.1. The lowest BCUT2D eigenvalue weighted by atomic mass is 9.97. The molecule has 0 N–H and O–H groups in total. The largest absolute Gasteiger partial charge is 0.497 e. The van der Waals surface area contributed by atoms with Crippen molar-refractivity contribution in [2.75, 3.05) is 38.2 Å². The summed E-state index contributed by atoms with van der Waals surface area (Å²) in [5, 5.41) is 2.78. The van der Waals surface area contributed by atoms with Gasteiger partial charge in [-0.25, -0.2) is 19.7 Å². The fourth-order valence-electron chi connectivity index (χ4n) is 4.46. The van der Waals surface area contributed by atoms with Crippen molar-refractivity contribution in [2.45, 2.75) is 31.9 Å². The zero-order valence-electron chi connectivity index (χ0n) is 22.6. The summed E-state index contributed by atoms with van der Waals surface area (Å²) in [5.41, 5.74) is 1.24. The third kappa shape index (κ3) is 6.01. The molecule has 1 saturated heterocycles. The fourth-order valence-corrected chi connectivity index (χ4v) is 5.23. The second kappa shape index (κ2) is 11.0. The van der Waals surface area contributed by atoms with Crippen LogP contribution in [-0.4, -0.2) is 70.5 Å². The van der Waals surface area contributed by atoms with E-state index in [9.17, 15) is 4.79 Å². The normalized spacial score (nSPS) is 19.4. The molecule has 0 spiro atoms. The first-order valence-electron chi connectivity index (χ1n) is 12.8. The van der Waals surface area contributed by atoms with Gasteiger partial charge in [0.25, 0.3) is 0 Å². The zero-order valence-corrected chi connectivity index (χ0v) is 23.4. The Balaban J connectivity index is 1.37. The molecule has 1 unspecified atom stereocenters. The number of carbonyl (C=O) groups excluding carboxylic acids is 1. The maximum atomic E-state index is 12.5. The summed E-state index contributed by atoms with van der Waals surface area (Å²) >= 11 is 1.54. The minimum absolute atomic E-state index is 0.284. The van der Waals surface area contributed by atoms with E-state index in [0.29, 0.717) is 26.2 Å². The first kappa shape index (κ1) is 26.6. The summed E-state index contributed by atoms with van der Waals surface area (Å²) in [6.45, 7) is 8.04. The molecule has 1 amide bonds. The van der Waals surface area contributed by atoms with Gasteiger partial charge in [-0.05, 0) is 56.7 Å². The molecule has 2 aliphatic heterocycles. The van der Waals surface area contributed by atoms with Gasteiger partial charge in [0.1, 0.15) is 28.5 Å². The van der Waals surface area contributed by atoms with Gasteiger partial charge >= 0.3 is 6.09 Å². The standard InChI is InChI=1S/C29H32N6O3S/c1-28(2,3)38-27(36)35-15-13-34(14-16-35)25-19-24(31-20-32-25)29(26-30-12-17-39-26)11-10-22(33-29)9-8-21-6-5-7-23(18-21)37-4/h5-12,17-20H,13-16H2,1-4H3. The van der Waals surface area contributed by atoms with Crippen LogP contribution in [0, 0.1) is 0 Å². The molecule has 9 nitrogen and oxygen atoms in total. The lowest BCUT2D eigenvalue weighted by molar-refractivity contribution is 0.0240. The van der Waals surface area contributed by atoms with Gasteiger partial charge in [0.05, 0.1) is 18.5 Å². The lowest BCUT2D eigenvalue weighted by Gasteiger charge is -2.36. The Labute approximate surface area is 232 Å². The number of ether oxygens (including phenoxy) is 2. The molecule has 4 heterocycles. The Bertz CT molecular complexity index is 1400. The zero-order chi connectivity index (χ0) is 27.5. The lowest BCUT2D eigenvalue weighted by Crippen LogP contribution is -2.50. The predicted octanol–water partition coefficient (Wildman–Crippen LogP) is 4.97. The van der Waals surface area contributed by atoms with Crippen LogP contribution in [-0.2, 0) is 10.3 Å². The molecule has 0 aliphatic carbocycles. The molecule has 1 atom stereocenters.